The molecule has 8 nitrogen and oxygen atoms in total. The molecule has 0 fully saturated rings. The predicted molar refractivity (Wildman–Crippen MR) is 105 cm³/mol. The van der Waals surface area contributed by atoms with Crippen LogP contribution in [0.4, 0.5) is 17.1 Å². The molecule has 2 amide bonds. The number of carbonyl (C=O) groups is 3. The lowest BCUT2D eigenvalue weighted by atomic mass is 10.1. The molecular formula is C20H19N3O5. The van der Waals surface area contributed by atoms with E-state index < -0.39 is 16.7 Å². The normalized spacial score (nSPS) is 10.9. The fourth-order valence-corrected chi connectivity index (χ4v) is 2.31. The number of hydrogen-bond donors (Lipinski definition) is 2. The van der Waals surface area contributed by atoms with Gasteiger partial charge in [-0.1, -0.05) is 6.07 Å². The molecule has 144 valence electrons. The van der Waals surface area contributed by atoms with Crippen molar-refractivity contribution in [2.24, 2.45) is 0 Å². The Hall–Kier alpha value is -3.81. The lowest BCUT2D eigenvalue weighted by Crippen LogP contribution is -2.17. The van der Waals surface area contributed by atoms with E-state index in [-0.39, 0.29) is 17.0 Å². The van der Waals surface area contributed by atoms with Crippen LogP contribution in [0.3, 0.4) is 0 Å². The zero-order chi connectivity index (χ0) is 20.8. The second-order valence-corrected chi connectivity index (χ2v) is 6.16. The lowest BCUT2D eigenvalue weighted by Gasteiger charge is -2.09. The number of nitro benzene ring substituents is 1. The number of carbonyl (C=O) groups excluding carboxylic acids is 3. The number of Topliss-reactive ketones (excluding diaryl/α,β-unsaturated/α-hetero) is 1. The van der Waals surface area contributed by atoms with Crippen molar-refractivity contribution in [1.29, 1.82) is 0 Å². The summed E-state index contributed by atoms with van der Waals surface area (Å²) in [5, 5.41) is 16.0. The zero-order valence-corrected chi connectivity index (χ0v) is 15.6. The highest BCUT2D eigenvalue weighted by molar-refractivity contribution is 6.10. The Balaban J connectivity index is 2.06. The van der Waals surface area contributed by atoms with E-state index in [0.717, 1.165) is 6.08 Å². The molecule has 0 bridgehead atoms. The maximum absolute atomic E-state index is 12.3. The van der Waals surface area contributed by atoms with Crippen LogP contribution in [0.15, 0.2) is 54.1 Å². The van der Waals surface area contributed by atoms with Gasteiger partial charge in [-0.3, -0.25) is 24.5 Å². The average Bonchev–Trinajstić information content (AvgIpc) is 2.63. The minimum absolute atomic E-state index is 0.0817. The summed E-state index contributed by atoms with van der Waals surface area (Å²) in [5.74, 6) is -1.15. The molecule has 0 saturated carbocycles. The first-order valence-electron chi connectivity index (χ1n) is 8.34. The van der Waals surface area contributed by atoms with Gasteiger partial charge < -0.3 is 10.6 Å². The number of nitrogens with zero attached hydrogens (tertiary/aromatic N) is 1. The minimum Gasteiger partial charge on any atom is -0.323 e. The fourth-order valence-electron chi connectivity index (χ4n) is 2.31. The summed E-state index contributed by atoms with van der Waals surface area (Å²) in [4.78, 5) is 45.9. The van der Waals surface area contributed by atoms with E-state index in [2.05, 4.69) is 10.6 Å². The van der Waals surface area contributed by atoms with Crippen molar-refractivity contribution in [3.63, 3.8) is 0 Å². The van der Waals surface area contributed by atoms with Crippen LogP contribution >= 0.6 is 0 Å². The van der Waals surface area contributed by atoms with Gasteiger partial charge in [0.05, 0.1) is 10.6 Å². The average molecular weight is 381 g/mol. The molecular weight excluding hydrogens is 362 g/mol. The maximum Gasteiger partial charge on any atom is 0.271 e. The number of amides is 2. The third-order valence-corrected chi connectivity index (χ3v) is 3.94. The number of rotatable bonds is 6. The first-order valence-corrected chi connectivity index (χ1v) is 8.34. The van der Waals surface area contributed by atoms with Crippen LogP contribution < -0.4 is 10.6 Å². The molecule has 0 unspecified atom stereocenters. The number of nitrogens with one attached hydrogen (secondary N) is 2. The number of aryl methyl sites for hydroxylation is 1. The highest BCUT2D eigenvalue weighted by Gasteiger charge is 2.13. The molecule has 0 spiro atoms. The Labute approximate surface area is 161 Å². The number of non-ortho nitro benzene ring substituents is 1. The molecule has 0 aliphatic heterocycles. The lowest BCUT2D eigenvalue weighted by molar-refractivity contribution is -0.384. The molecule has 28 heavy (non-hydrogen) atoms. The molecule has 0 aromatic heterocycles. The summed E-state index contributed by atoms with van der Waals surface area (Å²) < 4.78 is 0. The van der Waals surface area contributed by atoms with E-state index in [0.29, 0.717) is 22.5 Å². The van der Waals surface area contributed by atoms with E-state index in [1.807, 2.05) is 0 Å². The summed E-state index contributed by atoms with van der Waals surface area (Å²) >= 11 is 0. The zero-order valence-electron chi connectivity index (χ0n) is 15.6. The third kappa shape index (κ3) is 5.34. The number of nitro groups is 1. The van der Waals surface area contributed by atoms with Gasteiger partial charge in [-0.15, -0.1) is 0 Å². The summed E-state index contributed by atoms with van der Waals surface area (Å²) in [7, 11) is 0. The molecule has 2 aromatic carbocycles. The van der Waals surface area contributed by atoms with Crippen molar-refractivity contribution >= 4 is 34.7 Å². The number of anilines is 2. The first kappa shape index (κ1) is 20.5. The maximum atomic E-state index is 12.3. The van der Waals surface area contributed by atoms with Crippen LogP contribution in [0, 0.1) is 17.0 Å². The Morgan fingerprint density at radius 2 is 1.64 bits per heavy atom. The highest BCUT2D eigenvalue weighted by Crippen LogP contribution is 2.22. The van der Waals surface area contributed by atoms with Crippen molar-refractivity contribution < 1.29 is 19.3 Å². The predicted octanol–water partition coefficient (Wildman–Crippen LogP) is 3.63. The van der Waals surface area contributed by atoms with Gasteiger partial charge in [0.15, 0.2) is 5.78 Å². The highest BCUT2D eigenvalue weighted by atomic mass is 16.6. The SMILES string of the molecule is CC(=O)c1ccc(NC(=O)/C=C(\C)C(=O)Nc2cc([N+](=O)[O-])ccc2C)cc1. The standard InChI is InChI=1S/C20H19N3O5/c1-12-4-9-17(23(27)28)11-18(12)22-20(26)13(2)10-19(25)21-16-7-5-15(6-8-16)14(3)24/h4-11H,1-3H3,(H,21,25)(H,22,26)/b13-10+. The van der Waals surface area contributed by atoms with Gasteiger partial charge in [0.1, 0.15) is 0 Å². The Bertz CT molecular complexity index is 978. The molecule has 0 saturated heterocycles. The van der Waals surface area contributed by atoms with Crippen LogP contribution in [-0.2, 0) is 9.59 Å². The minimum atomic E-state index is -0.553. The fraction of sp³-hybridized carbons (Fsp3) is 0.150. The van der Waals surface area contributed by atoms with E-state index in [4.69, 9.17) is 0 Å². The number of hydrogen-bond acceptors (Lipinski definition) is 5. The van der Waals surface area contributed by atoms with Crippen LogP contribution in [-0.4, -0.2) is 22.5 Å². The van der Waals surface area contributed by atoms with Crippen molar-refractivity contribution in [3.8, 4) is 0 Å². The monoisotopic (exact) mass is 381 g/mol. The van der Waals surface area contributed by atoms with Gasteiger partial charge in [0.2, 0.25) is 5.91 Å². The topological polar surface area (TPSA) is 118 Å². The molecule has 0 aliphatic rings. The molecule has 0 aliphatic carbocycles. The van der Waals surface area contributed by atoms with Crippen molar-refractivity contribution in [2.45, 2.75) is 20.8 Å². The van der Waals surface area contributed by atoms with Crippen LogP contribution in [0.1, 0.15) is 29.8 Å². The summed E-state index contributed by atoms with van der Waals surface area (Å²) in [6.45, 7) is 4.61. The van der Waals surface area contributed by atoms with Crippen molar-refractivity contribution in [2.75, 3.05) is 10.6 Å². The summed E-state index contributed by atoms with van der Waals surface area (Å²) in [6.07, 6.45) is 1.13. The molecule has 2 rings (SSSR count). The Morgan fingerprint density at radius 1 is 1.00 bits per heavy atom. The second kappa shape index (κ2) is 8.72. The summed E-state index contributed by atoms with van der Waals surface area (Å²) in [6, 6.07) is 10.5. The third-order valence-electron chi connectivity index (χ3n) is 3.94. The quantitative estimate of drug-likeness (QED) is 0.343. The van der Waals surface area contributed by atoms with Gasteiger partial charge in [-0.2, -0.15) is 0 Å². The number of ketones is 1. The van der Waals surface area contributed by atoms with Gasteiger partial charge in [0.25, 0.3) is 11.6 Å². The second-order valence-electron chi connectivity index (χ2n) is 6.16. The van der Waals surface area contributed by atoms with E-state index >= 15 is 0 Å². The van der Waals surface area contributed by atoms with Crippen LogP contribution in [0.25, 0.3) is 0 Å². The first-order chi connectivity index (χ1) is 13.2. The molecule has 0 radical (unpaired) electrons. The molecule has 0 atom stereocenters. The van der Waals surface area contributed by atoms with Crippen molar-refractivity contribution in [1.82, 2.24) is 0 Å². The largest absolute Gasteiger partial charge is 0.323 e. The van der Waals surface area contributed by atoms with Gasteiger partial charge in [0, 0.05) is 35.0 Å². The van der Waals surface area contributed by atoms with Gasteiger partial charge >= 0.3 is 0 Å². The Morgan fingerprint density at radius 3 is 2.21 bits per heavy atom. The molecule has 8 heteroatoms. The van der Waals surface area contributed by atoms with E-state index in [1.165, 1.54) is 32.0 Å². The van der Waals surface area contributed by atoms with Crippen LogP contribution in [0.2, 0.25) is 0 Å². The molecule has 0 heterocycles. The smallest absolute Gasteiger partial charge is 0.271 e. The van der Waals surface area contributed by atoms with Crippen LogP contribution in [0.5, 0.6) is 0 Å². The van der Waals surface area contributed by atoms with Crippen molar-refractivity contribution in [3.05, 3.63) is 75.4 Å². The molecule has 2 aromatic rings. The Kier molecular flexibility index (Phi) is 6.38. The van der Waals surface area contributed by atoms with E-state index in [9.17, 15) is 24.5 Å². The summed E-state index contributed by atoms with van der Waals surface area (Å²) in [5.41, 5.74) is 1.94. The van der Waals surface area contributed by atoms with Gasteiger partial charge in [-0.05, 0) is 50.6 Å². The van der Waals surface area contributed by atoms with E-state index in [1.54, 1.807) is 31.2 Å². The molecule has 2 N–H and O–H groups in total. The van der Waals surface area contributed by atoms with Gasteiger partial charge in [-0.25, -0.2) is 0 Å². The number of benzene rings is 2.